The molecule has 1 aromatic carbocycles. The van der Waals surface area contributed by atoms with Crippen molar-refractivity contribution in [3.8, 4) is 0 Å². The lowest BCUT2D eigenvalue weighted by atomic mass is 10.1. The van der Waals surface area contributed by atoms with E-state index in [1.807, 2.05) is 33.0 Å². The Morgan fingerprint density at radius 1 is 1.09 bits per heavy atom. The molecular formula is C18H30N3O2+. The zero-order chi connectivity index (χ0) is 17.2. The second-order valence-electron chi connectivity index (χ2n) is 6.38. The lowest BCUT2D eigenvalue weighted by Gasteiger charge is -2.15. The first-order chi connectivity index (χ1) is 10.9. The maximum atomic E-state index is 12.0. The van der Waals surface area contributed by atoms with E-state index in [0.29, 0.717) is 6.54 Å². The van der Waals surface area contributed by atoms with E-state index >= 15 is 0 Å². The van der Waals surface area contributed by atoms with Crippen LogP contribution in [0.25, 0.3) is 0 Å². The predicted octanol–water partition coefficient (Wildman–Crippen LogP) is 1.01. The lowest BCUT2D eigenvalue weighted by Crippen LogP contribution is -3.11. The van der Waals surface area contributed by atoms with Gasteiger partial charge in [-0.25, -0.2) is 0 Å². The summed E-state index contributed by atoms with van der Waals surface area (Å²) in [5, 5.41) is 5.71. The molecule has 5 nitrogen and oxygen atoms in total. The van der Waals surface area contributed by atoms with Crippen molar-refractivity contribution in [2.75, 3.05) is 25.5 Å². The van der Waals surface area contributed by atoms with Crippen LogP contribution in [0.3, 0.4) is 0 Å². The van der Waals surface area contributed by atoms with Crippen LogP contribution in [0.5, 0.6) is 0 Å². The average Bonchev–Trinajstić information content (AvgIpc) is 2.45. The number of carbonyl (C=O) groups is 2. The van der Waals surface area contributed by atoms with E-state index in [4.69, 9.17) is 0 Å². The Morgan fingerprint density at radius 2 is 1.70 bits per heavy atom. The van der Waals surface area contributed by atoms with Gasteiger partial charge < -0.3 is 15.5 Å². The highest BCUT2D eigenvalue weighted by Crippen LogP contribution is 2.11. The number of hydrogen-bond acceptors (Lipinski definition) is 2. The number of anilines is 1. The minimum absolute atomic E-state index is 0.0365. The van der Waals surface area contributed by atoms with Gasteiger partial charge in [0.1, 0.15) is 0 Å². The molecule has 0 saturated carbocycles. The Morgan fingerprint density at radius 3 is 2.26 bits per heavy atom. The molecule has 0 spiro atoms. The summed E-state index contributed by atoms with van der Waals surface area (Å²) in [6, 6.07) is 8.10. The highest BCUT2D eigenvalue weighted by atomic mass is 16.2. The molecule has 0 aliphatic rings. The summed E-state index contributed by atoms with van der Waals surface area (Å²) in [6.45, 7) is 6.58. The van der Waals surface area contributed by atoms with E-state index in [-0.39, 0.29) is 24.4 Å². The summed E-state index contributed by atoms with van der Waals surface area (Å²) in [6.07, 6.45) is 3.43. The third-order valence-electron chi connectivity index (χ3n) is 3.43. The molecule has 0 bridgehead atoms. The van der Waals surface area contributed by atoms with Crippen LogP contribution in [0.2, 0.25) is 0 Å². The highest BCUT2D eigenvalue weighted by Gasteiger charge is 2.14. The van der Waals surface area contributed by atoms with Gasteiger partial charge in [0, 0.05) is 11.7 Å². The Bertz CT molecular complexity index is 497. The topological polar surface area (TPSA) is 62.6 Å². The van der Waals surface area contributed by atoms with Crippen molar-refractivity contribution in [1.82, 2.24) is 5.32 Å². The second-order valence-corrected chi connectivity index (χ2v) is 6.38. The minimum Gasteiger partial charge on any atom is -0.349 e. The first-order valence-electron chi connectivity index (χ1n) is 8.40. The number of hydrogen-bond donors (Lipinski definition) is 3. The van der Waals surface area contributed by atoms with E-state index in [2.05, 4.69) is 29.7 Å². The van der Waals surface area contributed by atoms with Crippen molar-refractivity contribution in [3.05, 3.63) is 29.8 Å². The molecule has 0 fully saturated rings. The van der Waals surface area contributed by atoms with E-state index < -0.39 is 0 Å². The molecule has 0 aromatic heterocycles. The van der Waals surface area contributed by atoms with Gasteiger partial charge in [-0.1, -0.05) is 25.5 Å². The standard InChI is InChI=1S/C18H29N3O2/c1-5-6-7-15-8-10-16(11-9-15)20-18(23)13-21(4)12-17(22)19-14(2)3/h8-11,14H,5-7,12-13H2,1-4H3,(H,19,22)(H,20,23)/p+1. The molecule has 0 saturated heterocycles. The van der Waals surface area contributed by atoms with Crippen molar-refractivity contribution in [1.29, 1.82) is 0 Å². The largest absolute Gasteiger partial charge is 0.349 e. The predicted molar refractivity (Wildman–Crippen MR) is 93.6 cm³/mol. The van der Waals surface area contributed by atoms with E-state index in [9.17, 15) is 9.59 Å². The number of carbonyl (C=O) groups excluding carboxylic acids is 2. The smallest absolute Gasteiger partial charge is 0.279 e. The Labute approximate surface area is 139 Å². The zero-order valence-corrected chi connectivity index (χ0v) is 14.7. The summed E-state index contributed by atoms with van der Waals surface area (Å²) in [5.74, 6) is -0.119. The molecule has 1 atom stereocenters. The molecule has 0 heterocycles. The van der Waals surface area contributed by atoms with E-state index in [1.54, 1.807) is 0 Å². The first-order valence-corrected chi connectivity index (χ1v) is 8.40. The molecule has 1 unspecified atom stereocenters. The summed E-state index contributed by atoms with van der Waals surface area (Å²) in [7, 11) is 1.84. The molecule has 0 radical (unpaired) electrons. The van der Waals surface area contributed by atoms with Crippen LogP contribution in [-0.4, -0.2) is 38.0 Å². The number of nitrogens with one attached hydrogen (secondary N) is 3. The van der Waals surface area contributed by atoms with E-state index in [1.165, 1.54) is 18.4 Å². The Kier molecular flexibility index (Phi) is 8.33. The summed E-state index contributed by atoms with van der Waals surface area (Å²) in [5.41, 5.74) is 2.09. The van der Waals surface area contributed by atoms with Crippen molar-refractivity contribution in [3.63, 3.8) is 0 Å². The molecule has 23 heavy (non-hydrogen) atoms. The lowest BCUT2D eigenvalue weighted by molar-refractivity contribution is -0.862. The quantitative estimate of drug-likeness (QED) is 0.636. The molecule has 2 amide bonds. The Balaban J connectivity index is 2.39. The minimum atomic E-state index is -0.0823. The third kappa shape index (κ3) is 8.35. The van der Waals surface area contributed by atoms with Crippen LogP contribution >= 0.6 is 0 Å². The maximum absolute atomic E-state index is 12.0. The molecule has 3 N–H and O–H groups in total. The molecule has 0 aliphatic carbocycles. The van der Waals surface area contributed by atoms with Gasteiger partial charge in [-0.3, -0.25) is 9.59 Å². The SMILES string of the molecule is CCCCc1ccc(NC(=O)C[NH+](C)CC(=O)NC(C)C)cc1. The number of rotatable bonds is 9. The summed E-state index contributed by atoms with van der Waals surface area (Å²) < 4.78 is 0. The van der Waals surface area contributed by atoms with Crippen molar-refractivity contribution < 1.29 is 14.5 Å². The van der Waals surface area contributed by atoms with Gasteiger partial charge in [0.05, 0.1) is 7.05 Å². The van der Waals surface area contributed by atoms with Crippen LogP contribution in [0.15, 0.2) is 24.3 Å². The third-order valence-corrected chi connectivity index (χ3v) is 3.43. The van der Waals surface area contributed by atoms with Gasteiger partial charge in [-0.2, -0.15) is 0 Å². The highest BCUT2D eigenvalue weighted by molar-refractivity contribution is 5.91. The van der Waals surface area contributed by atoms with Gasteiger partial charge in [0.15, 0.2) is 13.1 Å². The number of amides is 2. The fourth-order valence-electron chi connectivity index (χ4n) is 2.32. The van der Waals surface area contributed by atoms with Gasteiger partial charge >= 0.3 is 0 Å². The molecular weight excluding hydrogens is 290 g/mol. The van der Waals surface area contributed by atoms with E-state index in [0.717, 1.165) is 17.0 Å². The van der Waals surface area contributed by atoms with Gasteiger partial charge in [0.25, 0.3) is 11.8 Å². The number of likely N-dealkylation sites (N-methyl/N-ethyl adjacent to an activating group) is 1. The van der Waals surface area contributed by atoms with Crippen molar-refractivity contribution >= 4 is 17.5 Å². The second kappa shape index (κ2) is 10.0. The first kappa shape index (κ1) is 19.2. The van der Waals surface area contributed by atoms with Crippen molar-refractivity contribution in [2.24, 2.45) is 0 Å². The number of benzene rings is 1. The van der Waals surface area contributed by atoms with Crippen LogP contribution in [0, 0.1) is 0 Å². The van der Waals surface area contributed by atoms with Crippen molar-refractivity contribution in [2.45, 2.75) is 46.1 Å². The molecule has 0 aliphatic heterocycles. The summed E-state index contributed by atoms with van der Waals surface area (Å²) >= 11 is 0. The fourth-order valence-corrected chi connectivity index (χ4v) is 2.32. The van der Waals surface area contributed by atoms with Crippen LogP contribution in [0.1, 0.15) is 39.2 Å². The fraction of sp³-hybridized carbons (Fsp3) is 0.556. The molecule has 128 valence electrons. The van der Waals surface area contributed by atoms with Gasteiger partial charge in [-0.05, 0) is 44.4 Å². The summed E-state index contributed by atoms with van der Waals surface area (Å²) in [4.78, 5) is 24.5. The van der Waals surface area contributed by atoms with Crippen LogP contribution < -0.4 is 15.5 Å². The Hall–Kier alpha value is -1.88. The zero-order valence-electron chi connectivity index (χ0n) is 14.7. The van der Waals surface area contributed by atoms with Crippen LogP contribution in [-0.2, 0) is 16.0 Å². The maximum Gasteiger partial charge on any atom is 0.279 e. The molecule has 1 rings (SSSR count). The normalized spacial score (nSPS) is 12.0. The average molecular weight is 320 g/mol. The number of aryl methyl sites for hydroxylation is 1. The van der Waals surface area contributed by atoms with Crippen LogP contribution in [0.4, 0.5) is 5.69 Å². The number of unbranched alkanes of at least 4 members (excludes halogenated alkanes) is 1. The van der Waals surface area contributed by atoms with Gasteiger partial charge in [-0.15, -0.1) is 0 Å². The molecule has 1 aromatic rings. The van der Waals surface area contributed by atoms with Gasteiger partial charge in [0.2, 0.25) is 0 Å². The molecule has 5 heteroatoms. The monoisotopic (exact) mass is 320 g/mol. The number of quaternary nitrogens is 1.